The van der Waals surface area contributed by atoms with E-state index in [-0.39, 0.29) is 0 Å². The maximum atomic E-state index is 10.8. The molecule has 0 atom stereocenters. The van der Waals surface area contributed by atoms with Crippen LogP contribution in [-0.4, -0.2) is 26.3 Å². The van der Waals surface area contributed by atoms with E-state index in [2.05, 4.69) is 20.2 Å². The predicted molar refractivity (Wildman–Crippen MR) is 63.9 cm³/mol. The largest absolute Gasteiger partial charge is 0.410 e. The second kappa shape index (κ2) is 3.88. The molecular formula is C11H9N5O2. The molecule has 0 radical (unpaired) electrons. The van der Waals surface area contributed by atoms with Crippen LogP contribution in [0.1, 0.15) is 0 Å². The molecule has 0 spiro atoms. The van der Waals surface area contributed by atoms with Gasteiger partial charge in [-0.2, -0.15) is 5.10 Å². The number of rotatable bonds is 2. The highest BCUT2D eigenvalue weighted by atomic mass is 16.5. The molecule has 0 saturated carbocycles. The number of carbonyl (C=O) groups is 1. The van der Waals surface area contributed by atoms with Gasteiger partial charge in [0.25, 0.3) is 0 Å². The summed E-state index contributed by atoms with van der Waals surface area (Å²) in [4.78, 5) is 18.3. The normalized spacial score (nSPS) is 10.7. The van der Waals surface area contributed by atoms with Crippen LogP contribution >= 0.6 is 0 Å². The first-order chi connectivity index (χ1) is 8.74. The van der Waals surface area contributed by atoms with Gasteiger partial charge in [-0.25, -0.2) is 9.78 Å². The number of hydrogen-bond donors (Lipinski definition) is 3. The van der Waals surface area contributed by atoms with Gasteiger partial charge in [0, 0.05) is 6.20 Å². The molecule has 7 heteroatoms. The Morgan fingerprint density at radius 2 is 2.28 bits per heavy atom. The van der Waals surface area contributed by atoms with Gasteiger partial charge in [-0.3, -0.25) is 5.10 Å². The third kappa shape index (κ3) is 1.67. The number of nitrogens with two attached hydrogens (primary N) is 1. The summed E-state index contributed by atoms with van der Waals surface area (Å²) in [6, 6.07) is 5.21. The van der Waals surface area contributed by atoms with Crippen molar-refractivity contribution < 1.29 is 9.53 Å². The molecule has 0 fully saturated rings. The monoisotopic (exact) mass is 243 g/mol. The highest BCUT2D eigenvalue weighted by Gasteiger charge is 2.11. The van der Waals surface area contributed by atoms with E-state index in [1.807, 2.05) is 6.07 Å². The van der Waals surface area contributed by atoms with Crippen molar-refractivity contribution in [3.63, 3.8) is 0 Å². The molecule has 2 aromatic heterocycles. The van der Waals surface area contributed by atoms with Gasteiger partial charge in [-0.15, -0.1) is 0 Å². The van der Waals surface area contributed by atoms with Crippen molar-refractivity contribution in [1.29, 1.82) is 0 Å². The van der Waals surface area contributed by atoms with Crippen LogP contribution in [0.4, 0.5) is 4.79 Å². The Morgan fingerprint density at radius 1 is 1.39 bits per heavy atom. The average molecular weight is 243 g/mol. The lowest BCUT2D eigenvalue weighted by atomic mass is 10.3. The number of nitrogens with one attached hydrogen (secondary N) is 2. The van der Waals surface area contributed by atoms with Crippen LogP contribution in [-0.2, 0) is 0 Å². The minimum absolute atomic E-state index is 0.325. The van der Waals surface area contributed by atoms with E-state index in [1.54, 1.807) is 24.5 Å². The van der Waals surface area contributed by atoms with E-state index in [9.17, 15) is 4.79 Å². The molecule has 0 aliphatic carbocycles. The van der Waals surface area contributed by atoms with Crippen molar-refractivity contribution in [2.45, 2.75) is 0 Å². The number of primary amides is 1. The van der Waals surface area contributed by atoms with Crippen molar-refractivity contribution in [3.05, 3.63) is 30.6 Å². The Hall–Kier alpha value is -2.83. The summed E-state index contributed by atoms with van der Waals surface area (Å²) in [6.45, 7) is 0. The third-order valence-corrected chi connectivity index (χ3v) is 2.46. The summed E-state index contributed by atoms with van der Waals surface area (Å²) in [5.41, 5.74) is 7.12. The van der Waals surface area contributed by atoms with Gasteiger partial charge < -0.3 is 15.5 Å². The van der Waals surface area contributed by atoms with E-state index in [4.69, 9.17) is 10.5 Å². The highest BCUT2D eigenvalue weighted by Crippen LogP contribution is 2.26. The summed E-state index contributed by atoms with van der Waals surface area (Å²) < 4.78 is 4.89. The zero-order chi connectivity index (χ0) is 12.5. The lowest BCUT2D eigenvalue weighted by Crippen LogP contribution is -2.16. The molecule has 7 nitrogen and oxygen atoms in total. The van der Waals surface area contributed by atoms with Crippen molar-refractivity contribution in [3.8, 4) is 17.1 Å². The summed E-state index contributed by atoms with van der Waals surface area (Å²) in [7, 11) is 0. The van der Waals surface area contributed by atoms with Crippen LogP contribution in [0.2, 0.25) is 0 Å². The molecule has 4 N–H and O–H groups in total. The van der Waals surface area contributed by atoms with Gasteiger partial charge in [0.2, 0.25) is 0 Å². The second-order valence-corrected chi connectivity index (χ2v) is 3.65. The third-order valence-electron chi connectivity index (χ3n) is 2.46. The SMILES string of the molecule is NC(=O)Oc1cccc2[nH]c(-c3cn[nH]c3)nc12. The van der Waals surface area contributed by atoms with Crippen molar-refractivity contribution in [2.75, 3.05) is 0 Å². The van der Waals surface area contributed by atoms with Crippen LogP contribution in [0.3, 0.4) is 0 Å². The number of imidazole rings is 1. The Balaban J connectivity index is 2.14. The molecule has 3 aromatic rings. The lowest BCUT2D eigenvalue weighted by Gasteiger charge is -1.99. The van der Waals surface area contributed by atoms with Crippen molar-refractivity contribution in [1.82, 2.24) is 20.2 Å². The molecule has 0 bridgehead atoms. The minimum atomic E-state index is -0.865. The molecule has 18 heavy (non-hydrogen) atoms. The summed E-state index contributed by atoms with van der Waals surface area (Å²) in [5.74, 6) is 0.963. The number of carbonyl (C=O) groups excluding carboxylic acids is 1. The van der Waals surface area contributed by atoms with E-state index in [1.165, 1.54) is 0 Å². The van der Waals surface area contributed by atoms with Crippen molar-refractivity contribution >= 4 is 17.1 Å². The molecule has 90 valence electrons. The van der Waals surface area contributed by atoms with Crippen LogP contribution in [0.15, 0.2) is 30.6 Å². The van der Waals surface area contributed by atoms with E-state index in [0.717, 1.165) is 11.1 Å². The minimum Gasteiger partial charge on any atom is -0.408 e. The van der Waals surface area contributed by atoms with Crippen molar-refractivity contribution in [2.24, 2.45) is 5.73 Å². The van der Waals surface area contributed by atoms with E-state index < -0.39 is 6.09 Å². The van der Waals surface area contributed by atoms with Crippen LogP contribution in [0, 0.1) is 0 Å². The van der Waals surface area contributed by atoms with Gasteiger partial charge in [0.05, 0.1) is 17.3 Å². The Morgan fingerprint density at radius 3 is 3.00 bits per heavy atom. The lowest BCUT2D eigenvalue weighted by molar-refractivity contribution is 0.211. The fourth-order valence-corrected chi connectivity index (χ4v) is 1.71. The molecule has 0 unspecified atom stereocenters. The average Bonchev–Trinajstić information content (AvgIpc) is 2.97. The summed E-state index contributed by atoms with van der Waals surface area (Å²) >= 11 is 0. The first kappa shape index (κ1) is 10.3. The maximum Gasteiger partial charge on any atom is 0.410 e. The molecule has 0 saturated heterocycles. The Kier molecular flexibility index (Phi) is 2.23. The number of benzene rings is 1. The van der Waals surface area contributed by atoms with E-state index >= 15 is 0 Å². The predicted octanol–water partition coefficient (Wildman–Crippen LogP) is 1.41. The first-order valence-electron chi connectivity index (χ1n) is 5.19. The Labute approximate surface area is 101 Å². The first-order valence-corrected chi connectivity index (χ1v) is 5.19. The molecule has 0 aliphatic rings. The fourth-order valence-electron chi connectivity index (χ4n) is 1.71. The topological polar surface area (TPSA) is 110 Å². The number of para-hydroxylation sites is 1. The standard InChI is InChI=1S/C11H9N5O2/c12-11(17)18-8-3-1-2-7-9(8)16-10(15-7)6-4-13-14-5-6/h1-5H,(H2,12,17)(H,13,14)(H,15,16). The maximum absolute atomic E-state index is 10.8. The van der Waals surface area contributed by atoms with Gasteiger partial charge in [0.1, 0.15) is 11.3 Å². The summed E-state index contributed by atoms with van der Waals surface area (Å²) in [5, 5.41) is 6.55. The number of H-pyrrole nitrogens is 2. The molecule has 0 aliphatic heterocycles. The van der Waals surface area contributed by atoms with Gasteiger partial charge in [-0.1, -0.05) is 6.07 Å². The summed E-state index contributed by atoms with van der Waals surface area (Å²) in [6.07, 6.45) is 2.49. The fraction of sp³-hybridized carbons (Fsp3) is 0. The highest BCUT2D eigenvalue weighted by molar-refractivity contribution is 5.86. The number of aromatic amines is 2. The number of ether oxygens (including phenoxy) is 1. The van der Waals surface area contributed by atoms with Gasteiger partial charge in [0.15, 0.2) is 5.75 Å². The van der Waals surface area contributed by atoms with Gasteiger partial charge >= 0.3 is 6.09 Å². The number of nitrogens with zero attached hydrogens (tertiary/aromatic N) is 2. The molecule has 1 amide bonds. The number of amides is 1. The number of aromatic nitrogens is 4. The van der Waals surface area contributed by atoms with E-state index in [0.29, 0.717) is 17.1 Å². The Bertz CT molecular complexity index is 701. The zero-order valence-electron chi connectivity index (χ0n) is 9.18. The molecule has 3 rings (SSSR count). The van der Waals surface area contributed by atoms with Gasteiger partial charge in [-0.05, 0) is 12.1 Å². The zero-order valence-corrected chi connectivity index (χ0v) is 9.18. The van der Waals surface area contributed by atoms with Crippen LogP contribution in [0.5, 0.6) is 5.75 Å². The number of hydrogen-bond acceptors (Lipinski definition) is 4. The number of fused-ring (bicyclic) bond motifs is 1. The molecule has 1 aromatic carbocycles. The quantitative estimate of drug-likeness (QED) is 0.632. The second-order valence-electron chi connectivity index (χ2n) is 3.65. The van der Waals surface area contributed by atoms with Crippen LogP contribution in [0.25, 0.3) is 22.4 Å². The molecular weight excluding hydrogens is 234 g/mol. The smallest absolute Gasteiger partial charge is 0.408 e. The molecule has 2 heterocycles. The van der Waals surface area contributed by atoms with Crippen LogP contribution < -0.4 is 10.5 Å².